The smallest absolute Gasteiger partial charge is 0.191 e. The highest BCUT2D eigenvalue weighted by Crippen LogP contribution is 2.28. The highest BCUT2D eigenvalue weighted by Gasteiger charge is 2.24. The van der Waals surface area contributed by atoms with Crippen LogP contribution in [0, 0.1) is 0 Å². The van der Waals surface area contributed by atoms with Gasteiger partial charge in [0.1, 0.15) is 0 Å². The van der Waals surface area contributed by atoms with Crippen molar-refractivity contribution in [3.63, 3.8) is 0 Å². The van der Waals surface area contributed by atoms with Gasteiger partial charge < -0.3 is 15.5 Å². The largest absolute Gasteiger partial charge is 0.368 e. The summed E-state index contributed by atoms with van der Waals surface area (Å²) in [4.78, 5) is 6.75. The summed E-state index contributed by atoms with van der Waals surface area (Å²) in [7, 11) is -2.98. The summed E-state index contributed by atoms with van der Waals surface area (Å²) in [6.45, 7) is 6.56. The lowest BCUT2D eigenvalue weighted by Gasteiger charge is -2.21. The molecule has 0 bridgehead atoms. The Hall–Kier alpha value is -1.28. The number of rotatable bonds is 7. The number of halogens is 1. The van der Waals surface area contributed by atoms with E-state index in [1.54, 1.807) is 6.92 Å². The third-order valence-corrected chi connectivity index (χ3v) is 6.53. The predicted octanol–water partition coefficient (Wildman–Crippen LogP) is 2.02. The Morgan fingerprint density at radius 1 is 1.36 bits per heavy atom. The summed E-state index contributed by atoms with van der Waals surface area (Å²) in [6, 6.07) is 8.50. The first-order valence-electron chi connectivity index (χ1n) is 8.70. The topological polar surface area (TPSA) is 73.8 Å². The maximum atomic E-state index is 11.6. The van der Waals surface area contributed by atoms with Crippen molar-refractivity contribution in [1.29, 1.82) is 0 Å². The van der Waals surface area contributed by atoms with Gasteiger partial charge in [0, 0.05) is 35.9 Å². The lowest BCUT2D eigenvalue weighted by Crippen LogP contribution is -2.44. The molecule has 1 atom stereocenters. The molecule has 1 aliphatic heterocycles. The van der Waals surface area contributed by atoms with E-state index in [4.69, 9.17) is 0 Å². The molecule has 6 nitrogen and oxygen atoms in total. The molecule has 0 aliphatic carbocycles. The monoisotopic (exact) mass is 430 g/mol. The highest BCUT2D eigenvalue weighted by molar-refractivity contribution is 9.10. The van der Waals surface area contributed by atoms with Crippen molar-refractivity contribution in [2.24, 2.45) is 4.99 Å². The lowest BCUT2D eigenvalue weighted by molar-refractivity contribution is 0.597. The van der Waals surface area contributed by atoms with Gasteiger partial charge in [0.15, 0.2) is 15.8 Å². The van der Waals surface area contributed by atoms with E-state index in [0.717, 1.165) is 30.5 Å². The Balaban J connectivity index is 1.93. The van der Waals surface area contributed by atoms with Crippen LogP contribution in [0.5, 0.6) is 0 Å². The number of hydrogen-bond donors (Lipinski definition) is 2. The van der Waals surface area contributed by atoms with Crippen molar-refractivity contribution in [1.82, 2.24) is 10.6 Å². The molecule has 1 heterocycles. The van der Waals surface area contributed by atoms with Crippen LogP contribution in [0.2, 0.25) is 0 Å². The van der Waals surface area contributed by atoms with Crippen molar-refractivity contribution < 1.29 is 8.42 Å². The number of hydrogen-bond acceptors (Lipinski definition) is 4. The SMILES string of the molecule is CCNC(=NCCS(=O)(=O)CC)NC1CCN(c2ccccc2Br)C1. The van der Waals surface area contributed by atoms with Crippen LogP contribution in [-0.2, 0) is 9.84 Å². The summed E-state index contributed by atoms with van der Waals surface area (Å²) in [6.07, 6.45) is 1.01. The van der Waals surface area contributed by atoms with E-state index in [9.17, 15) is 8.42 Å². The van der Waals surface area contributed by atoms with E-state index < -0.39 is 9.84 Å². The number of sulfone groups is 1. The average molecular weight is 431 g/mol. The quantitative estimate of drug-likeness (QED) is 0.511. The first-order valence-corrected chi connectivity index (χ1v) is 11.3. The highest BCUT2D eigenvalue weighted by atomic mass is 79.9. The number of guanidine groups is 1. The van der Waals surface area contributed by atoms with Gasteiger partial charge in [0.2, 0.25) is 0 Å². The summed E-state index contributed by atoms with van der Waals surface area (Å²) in [5, 5.41) is 6.62. The molecule has 8 heteroatoms. The second kappa shape index (κ2) is 9.43. The maximum absolute atomic E-state index is 11.6. The number of anilines is 1. The van der Waals surface area contributed by atoms with Crippen molar-refractivity contribution >= 4 is 37.4 Å². The van der Waals surface area contributed by atoms with Crippen molar-refractivity contribution in [2.75, 3.05) is 42.6 Å². The molecule has 1 aromatic rings. The van der Waals surface area contributed by atoms with Gasteiger partial charge in [0.05, 0.1) is 18.0 Å². The van der Waals surface area contributed by atoms with Crippen LogP contribution in [-0.4, -0.2) is 58.1 Å². The number of aliphatic imine (C=N–C) groups is 1. The van der Waals surface area contributed by atoms with Crippen LogP contribution in [0.1, 0.15) is 20.3 Å². The lowest BCUT2D eigenvalue weighted by atomic mass is 10.3. The van der Waals surface area contributed by atoms with E-state index in [0.29, 0.717) is 5.96 Å². The third kappa shape index (κ3) is 6.18. The van der Waals surface area contributed by atoms with Crippen LogP contribution in [0.4, 0.5) is 5.69 Å². The Morgan fingerprint density at radius 3 is 2.80 bits per heavy atom. The molecule has 1 unspecified atom stereocenters. The van der Waals surface area contributed by atoms with Gasteiger partial charge in [-0.1, -0.05) is 19.1 Å². The van der Waals surface area contributed by atoms with Crippen molar-refractivity contribution in [3.05, 3.63) is 28.7 Å². The molecule has 1 aromatic carbocycles. The average Bonchev–Trinajstić information content (AvgIpc) is 3.03. The minimum absolute atomic E-state index is 0.0911. The van der Waals surface area contributed by atoms with E-state index in [1.165, 1.54) is 5.69 Å². The first kappa shape index (κ1) is 20.0. The van der Waals surface area contributed by atoms with E-state index in [1.807, 2.05) is 19.1 Å². The van der Waals surface area contributed by atoms with E-state index >= 15 is 0 Å². The van der Waals surface area contributed by atoms with Gasteiger partial charge in [-0.15, -0.1) is 0 Å². The third-order valence-electron chi connectivity index (χ3n) is 4.18. The van der Waals surface area contributed by atoms with Crippen LogP contribution < -0.4 is 15.5 Å². The van der Waals surface area contributed by atoms with Crippen molar-refractivity contribution in [3.8, 4) is 0 Å². The number of nitrogens with one attached hydrogen (secondary N) is 2. The minimum atomic E-state index is -2.98. The summed E-state index contributed by atoms with van der Waals surface area (Å²) >= 11 is 3.61. The fourth-order valence-corrected chi connectivity index (χ4v) is 3.95. The molecular weight excluding hydrogens is 404 g/mol. The normalized spacial score (nSPS) is 18.4. The van der Waals surface area contributed by atoms with Gasteiger partial charge in [-0.2, -0.15) is 0 Å². The van der Waals surface area contributed by atoms with E-state index in [-0.39, 0.29) is 24.1 Å². The standard InChI is InChI=1S/C17H27BrN4O2S/c1-3-19-17(20-10-12-25(23,24)4-2)21-14-9-11-22(13-14)16-8-6-5-7-15(16)18/h5-8,14H,3-4,9-13H2,1-2H3,(H2,19,20,21). The molecule has 25 heavy (non-hydrogen) atoms. The molecule has 0 amide bonds. The Bertz CT molecular complexity index is 694. The summed E-state index contributed by atoms with van der Waals surface area (Å²) in [5.74, 6) is 0.942. The molecule has 0 saturated carbocycles. The fraction of sp³-hybridized carbons (Fsp3) is 0.588. The molecule has 0 spiro atoms. The maximum Gasteiger partial charge on any atom is 0.191 e. The summed E-state index contributed by atoms with van der Waals surface area (Å²) in [5.41, 5.74) is 1.20. The molecule has 0 radical (unpaired) electrons. The van der Waals surface area contributed by atoms with Gasteiger partial charge in [0.25, 0.3) is 0 Å². The zero-order valence-electron chi connectivity index (χ0n) is 14.8. The predicted molar refractivity (Wildman–Crippen MR) is 108 cm³/mol. The Labute approximate surface area is 159 Å². The number of benzene rings is 1. The zero-order valence-corrected chi connectivity index (χ0v) is 17.2. The Kier molecular flexibility index (Phi) is 7.56. The van der Waals surface area contributed by atoms with Gasteiger partial charge in [-0.25, -0.2) is 8.42 Å². The first-order chi connectivity index (χ1) is 11.9. The van der Waals surface area contributed by atoms with Crippen LogP contribution in [0.25, 0.3) is 0 Å². The number of nitrogens with zero attached hydrogens (tertiary/aromatic N) is 2. The van der Waals surface area contributed by atoms with Crippen LogP contribution in [0.3, 0.4) is 0 Å². The van der Waals surface area contributed by atoms with Crippen LogP contribution >= 0.6 is 15.9 Å². The molecule has 140 valence electrons. The second-order valence-corrected chi connectivity index (χ2v) is 9.35. The van der Waals surface area contributed by atoms with Crippen molar-refractivity contribution in [2.45, 2.75) is 26.3 Å². The van der Waals surface area contributed by atoms with Crippen LogP contribution in [0.15, 0.2) is 33.7 Å². The summed E-state index contributed by atoms with van der Waals surface area (Å²) < 4.78 is 24.3. The molecule has 1 aliphatic rings. The fourth-order valence-electron chi connectivity index (χ4n) is 2.76. The molecule has 1 fully saturated rings. The second-order valence-electron chi connectivity index (χ2n) is 6.02. The van der Waals surface area contributed by atoms with E-state index in [2.05, 4.69) is 48.6 Å². The number of para-hydroxylation sites is 1. The van der Waals surface area contributed by atoms with Gasteiger partial charge in [-0.3, -0.25) is 4.99 Å². The van der Waals surface area contributed by atoms with Gasteiger partial charge >= 0.3 is 0 Å². The molecule has 1 saturated heterocycles. The zero-order chi connectivity index (χ0) is 18.3. The molecule has 2 rings (SSSR count). The molecule has 2 N–H and O–H groups in total. The Morgan fingerprint density at radius 2 is 2.12 bits per heavy atom. The molecular formula is C17H27BrN4O2S. The van der Waals surface area contributed by atoms with Gasteiger partial charge in [-0.05, 0) is 41.4 Å². The molecule has 0 aromatic heterocycles. The minimum Gasteiger partial charge on any atom is -0.368 e.